The average molecular weight is 513 g/mol. The van der Waals surface area contributed by atoms with Crippen LogP contribution in [0.15, 0.2) is 24.5 Å². The van der Waals surface area contributed by atoms with Gasteiger partial charge in [0, 0.05) is 47.3 Å². The molecule has 2 amide bonds. The fourth-order valence-electron chi connectivity index (χ4n) is 5.16. The van der Waals surface area contributed by atoms with Gasteiger partial charge in [-0.25, -0.2) is 9.59 Å². The van der Waals surface area contributed by atoms with Crippen LogP contribution in [-0.2, 0) is 30.7 Å². The third-order valence-electron chi connectivity index (χ3n) is 6.86. The maximum atomic E-state index is 13.1. The molecule has 1 aliphatic carbocycles. The zero-order chi connectivity index (χ0) is 24.5. The molecule has 35 heavy (non-hydrogen) atoms. The van der Waals surface area contributed by atoms with Gasteiger partial charge in [-0.15, -0.1) is 22.7 Å². The highest BCUT2D eigenvalue weighted by molar-refractivity contribution is 7.17. The molecule has 1 aliphatic heterocycles. The van der Waals surface area contributed by atoms with Crippen LogP contribution in [0, 0.1) is 0 Å². The van der Waals surface area contributed by atoms with Crippen LogP contribution in [0.3, 0.4) is 0 Å². The van der Waals surface area contributed by atoms with Crippen LogP contribution in [0.25, 0.3) is 5.00 Å². The predicted molar refractivity (Wildman–Crippen MR) is 141 cm³/mol. The summed E-state index contributed by atoms with van der Waals surface area (Å²) in [5, 5.41) is 7.81. The van der Waals surface area contributed by atoms with Crippen molar-refractivity contribution in [3.8, 4) is 5.00 Å². The van der Waals surface area contributed by atoms with E-state index in [2.05, 4.69) is 34.1 Å². The Kier molecular flexibility index (Phi) is 7.00. The van der Waals surface area contributed by atoms with E-state index in [-0.39, 0.29) is 17.9 Å². The standard InChI is InChI=1S/C26H32N4O3S2/c1-4-33-25(31)22-21-16(2)8-7-9-19(21)34-23(22)28-26(32)27-14-18-17-10-13-29(3)15-20(17)35-24(18)30-11-5-6-12-30/h5-6,11-12,16H,4,7-10,13-15H2,1-3H3,(H2,27,28,32). The largest absolute Gasteiger partial charge is 0.462 e. The van der Waals surface area contributed by atoms with Gasteiger partial charge in [-0.3, -0.25) is 5.32 Å². The fraction of sp³-hybridized carbons (Fsp3) is 0.462. The van der Waals surface area contributed by atoms with Gasteiger partial charge in [0.05, 0.1) is 12.2 Å². The molecule has 0 spiro atoms. The van der Waals surface area contributed by atoms with Crippen LogP contribution in [-0.4, -0.2) is 41.7 Å². The third kappa shape index (κ3) is 4.77. The minimum atomic E-state index is -0.347. The smallest absolute Gasteiger partial charge is 0.341 e. The number of amides is 2. The summed E-state index contributed by atoms with van der Waals surface area (Å²) in [6, 6.07) is 3.74. The van der Waals surface area contributed by atoms with E-state index in [1.54, 1.807) is 11.3 Å². The number of thiophene rings is 2. The van der Waals surface area contributed by atoms with Crippen molar-refractivity contribution in [2.45, 2.75) is 58.5 Å². The first-order chi connectivity index (χ1) is 17.0. The van der Waals surface area contributed by atoms with Gasteiger partial charge < -0.3 is 19.5 Å². The number of urea groups is 1. The number of likely N-dealkylation sites (N-methyl/N-ethyl adjacent to an activating group) is 1. The number of esters is 1. The van der Waals surface area contributed by atoms with E-state index in [9.17, 15) is 9.59 Å². The molecule has 9 heteroatoms. The molecule has 1 atom stereocenters. The molecule has 0 radical (unpaired) electrons. The van der Waals surface area contributed by atoms with E-state index in [1.807, 2.05) is 31.5 Å². The molecular weight excluding hydrogens is 480 g/mol. The molecular formula is C26H32N4O3S2. The molecule has 3 aromatic rings. The third-order valence-corrected chi connectivity index (χ3v) is 9.32. The molecule has 3 aromatic heterocycles. The number of hydrogen-bond donors (Lipinski definition) is 2. The number of nitrogens with zero attached hydrogens (tertiary/aromatic N) is 2. The first-order valence-corrected chi connectivity index (χ1v) is 13.9. The molecule has 2 aliphatic rings. The van der Waals surface area contributed by atoms with Crippen molar-refractivity contribution in [1.82, 2.24) is 14.8 Å². The lowest BCUT2D eigenvalue weighted by Crippen LogP contribution is -2.30. The molecule has 0 saturated heterocycles. The summed E-state index contributed by atoms with van der Waals surface area (Å²) < 4.78 is 7.49. The SMILES string of the molecule is CCOC(=O)c1c(NC(=O)NCc2c(-n3cccc3)sc3c2CCN(C)C3)sc2c1C(C)CCC2. The summed E-state index contributed by atoms with van der Waals surface area (Å²) in [4.78, 5) is 30.8. The zero-order valence-corrected chi connectivity index (χ0v) is 22.1. The Hall–Kier alpha value is -2.62. The molecule has 0 aromatic carbocycles. The van der Waals surface area contributed by atoms with Crippen LogP contribution in [0.4, 0.5) is 9.80 Å². The molecule has 4 heterocycles. The molecule has 7 nitrogen and oxygen atoms in total. The van der Waals surface area contributed by atoms with Crippen molar-refractivity contribution in [1.29, 1.82) is 0 Å². The second-order valence-corrected chi connectivity index (χ2v) is 11.5. The molecule has 1 unspecified atom stereocenters. The zero-order valence-electron chi connectivity index (χ0n) is 20.5. The molecule has 0 fully saturated rings. The van der Waals surface area contributed by atoms with Gasteiger partial charge in [0.15, 0.2) is 0 Å². The molecule has 0 bridgehead atoms. The van der Waals surface area contributed by atoms with Gasteiger partial charge in [-0.1, -0.05) is 6.92 Å². The summed E-state index contributed by atoms with van der Waals surface area (Å²) in [5.41, 5.74) is 4.12. The molecule has 2 N–H and O–H groups in total. The highest BCUT2D eigenvalue weighted by Gasteiger charge is 2.31. The quantitative estimate of drug-likeness (QED) is 0.426. The maximum absolute atomic E-state index is 13.1. The van der Waals surface area contributed by atoms with Crippen molar-refractivity contribution < 1.29 is 14.3 Å². The Labute approximate surface area is 214 Å². The van der Waals surface area contributed by atoms with Crippen LogP contribution >= 0.6 is 22.7 Å². The number of fused-ring (bicyclic) bond motifs is 2. The lowest BCUT2D eigenvalue weighted by atomic mass is 9.86. The van der Waals surface area contributed by atoms with Crippen molar-refractivity contribution in [3.05, 3.63) is 56.5 Å². The lowest BCUT2D eigenvalue weighted by Gasteiger charge is -2.22. The number of ether oxygens (including phenoxy) is 1. The second-order valence-electron chi connectivity index (χ2n) is 9.33. The lowest BCUT2D eigenvalue weighted by molar-refractivity contribution is 0.0526. The first-order valence-electron chi connectivity index (χ1n) is 12.3. The Bertz CT molecular complexity index is 1230. The first kappa shape index (κ1) is 24.1. The van der Waals surface area contributed by atoms with Gasteiger partial charge in [0.2, 0.25) is 0 Å². The number of anilines is 1. The number of hydrogen-bond acceptors (Lipinski definition) is 6. The van der Waals surface area contributed by atoms with Gasteiger partial charge in [-0.2, -0.15) is 0 Å². The van der Waals surface area contributed by atoms with E-state index >= 15 is 0 Å². The normalized spacial score (nSPS) is 17.5. The number of nitrogens with one attached hydrogen (secondary N) is 2. The topological polar surface area (TPSA) is 75.6 Å². The Morgan fingerprint density at radius 1 is 1.17 bits per heavy atom. The highest BCUT2D eigenvalue weighted by Crippen LogP contribution is 2.44. The van der Waals surface area contributed by atoms with E-state index in [0.717, 1.165) is 49.3 Å². The summed E-state index contributed by atoms with van der Waals surface area (Å²) in [5.74, 6) is -0.0624. The minimum absolute atomic E-state index is 0.285. The number of aromatic nitrogens is 1. The van der Waals surface area contributed by atoms with Gasteiger partial charge in [-0.05, 0) is 68.8 Å². The summed E-state index contributed by atoms with van der Waals surface area (Å²) >= 11 is 3.32. The maximum Gasteiger partial charge on any atom is 0.341 e. The van der Waals surface area contributed by atoms with Crippen molar-refractivity contribution in [2.75, 3.05) is 25.5 Å². The van der Waals surface area contributed by atoms with Crippen molar-refractivity contribution >= 4 is 39.7 Å². The van der Waals surface area contributed by atoms with Crippen molar-refractivity contribution in [2.24, 2.45) is 0 Å². The van der Waals surface area contributed by atoms with E-state index in [4.69, 9.17) is 4.74 Å². The van der Waals surface area contributed by atoms with Crippen LogP contribution in [0.1, 0.15) is 69.4 Å². The molecule has 0 saturated carbocycles. The van der Waals surface area contributed by atoms with Gasteiger partial charge in [0.1, 0.15) is 10.0 Å². The highest BCUT2D eigenvalue weighted by atomic mass is 32.1. The fourth-order valence-corrected chi connectivity index (χ4v) is 7.92. The summed E-state index contributed by atoms with van der Waals surface area (Å²) in [6.07, 6.45) is 8.16. The summed E-state index contributed by atoms with van der Waals surface area (Å²) in [7, 11) is 2.14. The number of aryl methyl sites for hydroxylation is 1. The Morgan fingerprint density at radius 3 is 2.74 bits per heavy atom. The van der Waals surface area contributed by atoms with E-state index < -0.39 is 0 Å². The molecule has 5 rings (SSSR count). The van der Waals surface area contributed by atoms with Gasteiger partial charge in [0.25, 0.3) is 0 Å². The Morgan fingerprint density at radius 2 is 1.97 bits per heavy atom. The van der Waals surface area contributed by atoms with Crippen LogP contribution in [0.2, 0.25) is 0 Å². The van der Waals surface area contributed by atoms with Crippen LogP contribution in [0.5, 0.6) is 0 Å². The number of carbonyl (C=O) groups excluding carboxylic acids is 2. The predicted octanol–water partition coefficient (Wildman–Crippen LogP) is 5.53. The Balaban J connectivity index is 1.38. The second kappa shape index (κ2) is 10.2. The number of carbonyl (C=O) groups is 2. The monoisotopic (exact) mass is 512 g/mol. The summed E-state index contributed by atoms with van der Waals surface area (Å²) in [6.45, 7) is 6.65. The average Bonchev–Trinajstić information content (AvgIpc) is 3.55. The van der Waals surface area contributed by atoms with E-state index in [0.29, 0.717) is 23.7 Å². The van der Waals surface area contributed by atoms with Gasteiger partial charge >= 0.3 is 12.0 Å². The number of rotatable bonds is 6. The van der Waals surface area contributed by atoms with E-state index in [1.165, 1.54) is 32.2 Å². The van der Waals surface area contributed by atoms with Crippen molar-refractivity contribution in [3.63, 3.8) is 0 Å². The minimum Gasteiger partial charge on any atom is -0.462 e. The van der Waals surface area contributed by atoms with Crippen LogP contribution < -0.4 is 10.6 Å². The molecule has 186 valence electrons.